The summed E-state index contributed by atoms with van der Waals surface area (Å²) in [6, 6.07) is 4.58. The molecule has 1 atom stereocenters. The number of amides is 2. The van der Waals surface area contributed by atoms with Crippen LogP contribution < -0.4 is 21.1 Å². The maximum Gasteiger partial charge on any atom is 0.433 e. The summed E-state index contributed by atoms with van der Waals surface area (Å²) < 4.78 is 50.8. The molecular weight excluding hydrogens is 491 g/mol. The summed E-state index contributed by atoms with van der Waals surface area (Å²) in [7, 11) is 1.33. The Morgan fingerprint density at radius 1 is 1.11 bits per heavy atom. The third-order valence-electron chi connectivity index (χ3n) is 6.61. The van der Waals surface area contributed by atoms with Crippen molar-refractivity contribution in [2.24, 2.45) is 11.7 Å². The van der Waals surface area contributed by atoms with Crippen LogP contribution in [-0.4, -0.2) is 41.0 Å². The SMILES string of the molecule is COc1ccc(-c2nc(C(=O)NC3CC(C(=O)NC4CC4)C3)c([C@H](C)N)o2)c2ccc(C(F)(F)F)nc12. The molecule has 2 aliphatic carbocycles. The molecule has 5 rings (SSSR count). The fraction of sp³-hybridized carbons (Fsp3) is 0.440. The summed E-state index contributed by atoms with van der Waals surface area (Å²) in [5.74, 6) is -0.315. The third kappa shape index (κ3) is 4.97. The van der Waals surface area contributed by atoms with Crippen LogP contribution in [-0.2, 0) is 11.0 Å². The molecule has 0 aliphatic heterocycles. The number of nitrogens with zero attached hydrogens (tertiary/aromatic N) is 2. The van der Waals surface area contributed by atoms with E-state index in [1.807, 2.05) is 0 Å². The van der Waals surface area contributed by atoms with Crippen LogP contribution in [0.1, 0.15) is 60.6 Å². The first-order chi connectivity index (χ1) is 17.5. The Kier molecular flexibility index (Phi) is 6.30. The molecule has 0 unspecified atom stereocenters. The molecule has 2 amide bonds. The molecule has 2 aliphatic rings. The highest BCUT2D eigenvalue weighted by atomic mass is 19.4. The standard InChI is InChI=1S/C25H26F3N5O4/c1-11(29)21-20(23(35)31-14-9-12(10-14)22(34)30-13-3-4-13)33-24(37-21)16-5-7-17(36-2)19-15(16)6-8-18(32-19)25(26,27)28/h5-8,11-14H,3-4,9-10,29H2,1-2H3,(H,30,34)(H,31,35)/t11-,12?,14?/m0/s1. The zero-order valence-corrected chi connectivity index (χ0v) is 20.2. The molecule has 1 aromatic carbocycles. The molecule has 9 nitrogen and oxygen atoms in total. The lowest BCUT2D eigenvalue weighted by molar-refractivity contribution is -0.141. The number of fused-ring (bicyclic) bond motifs is 1. The quantitative estimate of drug-likeness (QED) is 0.435. The van der Waals surface area contributed by atoms with Crippen molar-refractivity contribution in [2.75, 3.05) is 7.11 Å². The number of halogens is 3. The Morgan fingerprint density at radius 2 is 1.84 bits per heavy atom. The first-order valence-corrected chi connectivity index (χ1v) is 12.0. The molecule has 196 valence electrons. The molecule has 0 spiro atoms. The molecule has 2 fully saturated rings. The van der Waals surface area contributed by atoms with Gasteiger partial charge in [-0.2, -0.15) is 13.2 Å². The van der Waals surface area contributed by atoms with Crippen molar-refractivity contribution >= 4 is 22.7 Å². The first-order valence-electron chi connectivity index (χ1n) is 12.0. The molecule has 4 N–H and O–H groups in total. The molecule has 0 radical (unpaired) electrons. The molecule has 0 bridgehead atoms. The van der Waals surface area contributed by atoms with Crippen molar-refractivity contribution in [3.8, 4) is 17.2 Å². The van der Waals surface area contributed by atoms with Crippen molar-refractivity contribution in [2.45, 2.75) is 56.9 Å². The average molecular weight is 518 g/mol. The number of benzene rings is 1. The number of alkyl halides is 3. The van der Waals surface area contributed by atoms with Gasteiger partial charge in [-0.3, -0.25) is 9.59 Å². The van der Waals surface area contributed by atoms with Crippen LogP contribution in [0.15, 0.2) is 28.7 Å². The third-order valence-corrected chi connectivity index (χ3v) is 6.61. The Labute approximate surface area is 210 Å². The van der Waals surface area contributed by atoms with E-state index in [0.29, 0.717) is 23.8 Å². The van der Waals surface area contributed by atoms with Crippen LogP contribution >= 0.6 is 0 Å². The van der Waals surface area contributed by atoms with Gasteiger partial charge in [0.05, 0.1) is 13.2 Å². The number of carbonyl (C=O) groups excluding carboxylic acids is 2. The van der Waals surface area contributed by atoms with Gasteiger partial charge in [0.25, 0.3) is 5.91 Å². The van der Waals surface area contributed by atoms with Gasteiger partial charge in [-0.1, -0.05) is 0 Å². The number of rotatable bonds is 7. The van der Waals surface area contributed by atoms with Crippen LogP contribution in [0.2, 0.25) is 0 Å². The molecule has 2 heterocycles. The second-order valence-electron chi connectivity index (χ2n) is 9.55. The summed E-state index contributed by atoms with van der Waals surface area (Å²) in [4.78, 5) is 33.3. The fourth-order valence-corrected chi connectivity index (χ4v) is 4.37. The molecule has 0 saturated heterocycles. The topological polar surface area (TPSA) is 132 Å². The van der Waals surface area contributed by atoms with Crippen LogP contribution in [0.4, 0.5) is 13.2 Å². The van der Waals surface area contributed by atoms with Gasteiger partial charge in [0.15, 0.2) is 11.5 Å². The summed E-state index contributed by atoms with van der Waals surface area (Å²) in [5.41, 5.74) is 5.27. The van der Waals surface area contributed by atoms with Gasteiger partial charge < -0.3 is 25.5 Å². The molecule has 37 heavy (non-hydrogen) atoms. The van der Waals surface area contributed by atoms with Gasteiger partial charge in [-0.05, 0) is 56.9 Å². The summed E-state index contributed by atoms with van der Waals surface area (Å²) in [6.07, 6.45) is -1.56. The minimum atomic E-state index is -4.63. The first kappa shape index (κ1) is 25.0. The Bertz CT molecular complexity index is 1360. The monoisotopic (exact) mass is 517 g/mol. The van der Waals surface area contributed by atoms with Crippen LogP contribution in [0.3, 0.4) is 0 Å². The highest BCUT2D eigenvalue weighted by Gasteiger charge is 2.38. The number of nitrogens with two attached hydrogens (primary N) is 1. The summed E-state index contributed by atoms with van der Waals surface area (Å²) in [5, 5.41) is 6.15. The fourth-order valence-electron chi connectivity index (χ4n) is 4.37. The second-order valence-corrected chi connectivity index (χ2v) is 9.55. The van der Waals surface area contributed by atoms with E-state index in [9.17, 15) is 22.8 Å². The van der Waals surface area contributed by atoms with Gasteiger partial charge in [0, 0.05) is 29.0 Å². The number of pyridine rings is 1. The number of carbonyl (C=O) groups is 2. The van der Waals surface area contributed by atoms with Crippen LogP contribution in [0, 0.1) is 5.92 Å². The number of nitrogens with one attached hydrogen (secondary N) is 2. The number of hydrogen-bond donors (Lipinski definition) is 3. The number of oxazole rings is 1. The second kappa shape index (κ2) is 9.33. The Balaban J connectivity index is 1.41. The zero-order valence-electron chi connectivity index (χ0n) is 20.2. The lowest BCUT2D eigenvalue weighted by Crippen LogP contribution is -2.50. The summed E-state index contributed by atoms with van der Waals surface area (Å²) >= 11 is 0. The molecule has 12 heteroatoms. The predicted octanol–water partition coefficient (Wildman–Crippen LogP) is 3.72. The van der Waals surface area contributed by atoms with Gasteiger partial charge in [0.1, 0.15) is 17.0 Å². The molecule has 2 saturated carbocycles. The van der Waals surface area contributed by atoms with E-state index >= 15 is 0 Å². The maximum atomic E-state index is 13.3. The predicted molar refractivity (Wildman–Crippen MR) is 127 cm³/mol. The number of hydrogen-bond acceptors (Lipinski definition) is 7. The molecule has 3 aromatic rings. The van der Waals surface area contributed by atoms with Crippen molar-refractivity contribution in [1.29, 1.82) is 0 Å². The van der Waals surface area contributed by atoms with E-state index in [1.165, 1.54) is 19.2 Å². The molecular formula is C25H26F3N5O4. The lowest BCUT2D eigenvalue weighted by Gasteiger charge is -2.34. The van der Waals surface area contributed by atoms with Gasteiger partial charge in [0.2, 0.25) is 11.8 Å². The maximum absolute atomic E-state index is 13.3. The van der Waals surface area contributed by atoms with E-state index in [1.54, 1.807) is 13.0 Å². The van der Waals surface area contributed by atoms with Crippen molar-refractivity contribution in [3.63, 3.8) is 0 Å². The van der Waals surface area contributed by atoms with Gasteiger partial charge in [-0.25, -0.2) is 9.97 Å². The zero-order chi connectivity index (χ0) is 26.5. The normalized spacial score (nSPS) is 20.3. The Hall–Kier alpha value is -3.67. The number of ether oxygens (including phenoxy) is 1. The average Bonchev–Trinajstić information content (AvgIpc) is 3.52. The van der Waals surface area contributed by atoms with E-state index in [4.69, 9.17) is 14.9 Å². The highest BCUT2D eigenvalue weighted by molar-refractivity contribution is 5.98. The van der Waals surface area contributed by atoms with Crippen molar-refractivity contribution in [3.05, 3.63) is 41.4 Å². The number of aromatic nitrogens is 2. The van der Waals surface area contributed by atoms with Crippen LogP contribution in [0.25, 0.3) is 22.4 Å². The smallest absolute Gasteiger partial charge is 0.433 e. The van der Waals surface area contributed by atoms with Crippen LogP contribution in [0.5, 0.6) is 5.75 Å². The number of methoxy groups -OCH3 is 1. The van der Waals surface area contributed by atoms with Gasteiger partial charge >= 0.3 is 6.18 Å². The van der Waals surface area contributed by atoms with E-state index in [-0.39, 0.29) is 52.5 Å². The van der Waals surface area contributed by atoms with Gasteiger partial charge in [-0.15, -0.1) is 0 Å². The van der Waals surface area contributed by atoms with E-state index in [0.717, 1.165) is 18.9 Å². The Morgan fingerprint density at radius 3 is 2.46 bits per heavy atom. The minimum Gasteiger partial charge on any atom is -0.494 e. The lowest BCUT2D eigenvalue weighted by atomic mass is 9.79. The summed E-state index contributed by atoms with van der Waals surface area (Å²) in [6.45, 7) is 1.63. The van der Waals surface area contributed by atoms with E-state index < -0.39 is 23.8 Å². The van der Waals surface area contributed by atoms with E-state index in [2.05, 4.69) is 20.6 Å². The highest BCUT2D eigenvalue weighted by Crippen LogP contribution is 2.37. The van der Waals surface area contributed by atoms with Crippen molar-refractivity contribution in [1.82, 2.24) is 20.6 Å². The minimum absolute atomic E-state index is 0.0141. The van der Waals surface area contributed by atoms with Crippen molar-refractivity contribution < 1.29 is 31.9 Å². The largest absolute Gasteiger partial charge is 0.494 e. The molecule has 2 aromatic heterocycles.